The van der Waals surface area contributed by atoms with Gasteiger partial charge in [0.25, 0.3) is 11.8 Å². The van der Waals surface area contributed by atoms with E-state index in [0.29, 0.717) is 65.9 Å². The van der Waals surface area contributed by atoms with Crippen LogP contribution in [0.25, 0.3) is 0 Å². The number of ketones is 1. The third-order valence-corrected chi connectivity index (χ3v) is 18.1. The van der Waals surface area contributed by atoms with Crippen molar-refractivity contribution in [2.24, 2.45) is 5.92 Å². The monoisotopic (exact) mass is 1080 g/mol. The Kier molecular flexibility index (Phi) is 17.1. The molecule has 0 aliphatic carbocycles. The predicted molar refractivity (Wildman–Crippen MR) is 306 cm³/mol. The number of carbonyl (C=O) groups excluding carboxylic acids is 5. The molecule has 0 saturated carbocycles. The van der Waals surface area contributed by atoms with E-state index in [4.69, 9.17) is 23.7 Å². The van der Waals surface area contributed by atoms with Crippen molar-refractivity contribution in [3.63, 3.8) is 0 Å². The first-order valence-corrected chi connectivity index (χ1v) is 28.6. The smallest absolute Gasteiger partial charge is 0.309 e. The molecule has 9 rings (SSSR count). The zero-order valence-electron chi connectivity index (χ0n) is 45.3. The highest BCUT2D eigenvalue weighted by Gasteiger charge is 2.41. The molecule has 0 spiro atoms. The molecule has 0 bridgehead atoms. The highest BCUT2D eigenvalue weighted by Crippen LogP contribution is 2.44. The lowest BCUT2D eigenvalue weighted by Gasteiger charge is -2.25. The van der Waals surface area contributed by atoms with Crippen molar-refractivity contribution in [1.82, 2.24) is 0 Å². The van der Waals surface area contributed by atoms with E-state index in [9.17, 15) is 24.0 Å². The second kappa shape index (κ2) is 23.9. The molecule has 406 valence electrons. The van der Waals surface area contributed by atoms with Crippen LogP contribution in [0.15, 0.2) is 91.0 Å². The van der Waals surface area contributed by atoms with Crippen LogP contribution in [0, 0.1) is 12.8 Å². The molecule has 3 atom stereocenters. The second-order valence-corrected chi connectivity index (χ2v) is 24.1. The molecule has 4 aliphatic heterocycles. The molecule has 5 aromatic rings. The van der Waals surface area contributed by atoms with E-state index in [1.807, 2.05) is 111 Å². The number of benzene rings is 5. The van der Waals surface area contributed by atoms with Crippen molar-refractivity contribution in [2.45, 2.75) is 96.3 Å². The summed E-state index contributed by atoms with van der Waals surface area (Å²) in [6, 6.07) is 29.5. The summed E-state index contributed by atoms with van der Waals surface area (Å²) in [4.78, 5) is 75.7. The lowest BCUT2D eigenvalue weighted by Crippen LogP contribution is -2.41. The number of likely N-dealkylation sites (N-methyl/N-ethyl adjacent to an activating group) is 2. The van der Waals surface area contributed by atoms with E-state index in [2.05, 4.69) is 41.1 Å². The molecule has 0 aromatic heterocycles. The van der Waals surface area contributed by atoms with Crippen LogP contribution in [0.1, 0.15) is 95.0 Å². The Hall–Kier alpha value is -6.69. The molecule has 0 saturated heterocycles. The number of hydrogen-bond donors (Lipinski definition) is 1. The van der Waals surface area contributed by atoms with Crippen LogP contribution < -0.4 is 39.1 Å². The summed E-state index contributed by atoms with van der Waals surface area (Å²) in [6.45, 7) is 10.0. The number of aryl methyl sites for hydroxylation is 1. The number of rotatable bonds is 22. The summed E-state index contributed by atoms with van der Waals surface area (Å²) in [5, 5.41) is 3.14. The molecular weight excluding hydrogens is 1010 g/mol. The van der Waals surface area contributed by atoms with Crippen LogP contribution in [0.3, 0.4) is 0 Å². The number of fused-ring (bicyclic) bond motifs is 8. The van der Waals surface area contributed by atoms with Gasteiger partial charge in [-0.25, -0.2) is 0 Å². The minimum Gasteiger partial charge on any atom is -0.493 e. The number of ether oxygens (including phenoxy) is 5. The number of carbonyl (C=O) groups is 5. The average Bonchev–Trinajstić information content (AvgIpc) is 4.01. The summed E-state index contributed by atoms with van der Waals surface area (Å²) >= 11 is 0. The van der Waals surface area contributed by atoms with Crippen LogP contribution in [0.4, 0.5) is 28.4 Å². The lowest BCUT2D eigenvalue weighted by atomic mass is 10.1. The topological polar surface area (TPSA) is 156 Å². The molecule has 0 fully saturated rings. The minimum atomic E-state index is -0.605. The van der Waals surface area contributed by atoms with Crippen LogP contribution in [0.2, 0.25) is 0 Å². The number of nitrogens with one attached hydrogen (secondary N) is 1. The van der Waals surface area contributed by atoms with E-state index >= 15 is 0 Å². The Labute approximate surface area is 459 Å². The maximum atomic E-state index is 14.3. The van der Waals surface area contributed by atoms with Crippen molar-refractivity contribution in [3.8, 4) is 17.2 Å². The highest BCUT2D eigenvalue weighted by molar-refractivity contribution is 8.77. The molecule has 17 heteroatoms. The van der Waals surface area contributed by atoms with Crippen molar-refractivity contribution in [1.29, 1.82) is 0 Å². The molecule has 5 aromatic carbocycles. The molecule has 4 heterocycles. The standard InChI is InChI=1S/C60H69N5O10S2/c1-9-20-73-35-46(66)27-42(59(70)72-8)36-76-77-60(3,4)19-18-56(67)61-43-23-38(33-74-53-29-51-47(21-37(53)2)57(68)64-44(31-62(51)5)25-40-14-10-12-16-49(40)64)22-39(24-43)34-75-55-30-52-48(28-54(55)71-7)58(69)65-45(32-63(52)6)26-41-15-11-13-17-50(41)65/h10-17,21-24,28-30,42,44-45H,9,18-20,25-27,31-36H2,1-8H3,(H,61,67)/t42?,44-,45-/m0/s1. The third kappa shape index (κ3) is 12.4. The average molecular weight is 1080 g/mol. The first-order chi connectivity index (χ1) is 37.0. The van der Waals surface area contributed by atoms with Crippen LogP contribution in [0.5, 0.6) is 17.2 Å². The summed E-state index contributed by atoms with van der Waals surface area (Å²) in [7, 11) is 9.95. The molecule has 4 aliphatic rings. The SMILES string of the molecule is CCCOCC(=O)CC(CSSC(C)(C)CCC(=O)Nc1cc(COc2cc3c(cc2C)C(=O)N2c4ccccc4C[C@H]2CN3C)cc(COc2cc3c(cc2OC)C(=O)N2c4ccccc4C[C@H]2CN3C)c1)C(=O)OC. The Balaban J connectivity index is 0.921. The van der Waals surface area contributed by atoms with Crippen LogP contribution in [-0.2, 0) is 49.9 Å². The molecule has 0 radical (unpaired) electrons. The fourth-order valence-corrected chi connectivity index (χ4v) is 13.7. The maximum absolute atomic E-state index is 14.3. The van der Waals surface area contributed by atoms with Crippen molar-refractivity contribution < 1.29 is 47.7 Å². The Morgan fingerprint density at radius 2 is 1.31 bits per heavy atom. The van der Waals surface area contributed by atoms with Gasteiger partial charge < -0.3 is 48.6 Å². The van der Waals surface area contributed by atoms with Crippen LogP contribution in [-0.4, -0.2) is 107 Å². The molecule has 1 N–H and O–H groups in total. The largest absolute Gasteiger partial charge is 0.493 e. The van der Waals surface area contributed by atoms with Gasteiger partial charge in [-0.3, -0.25) is 24.0 Å². The molecule has 15 nitrogen and oxygen atoms in total. The molecule has 77 heavy (non-hydrogen) atoms. The van der Waals surface area contributed by atoms with Crippen molar-refractivity contribution in [2.75, 3.05) is 85.3 Å². The number of methoxy groups -OCH3 is 2. The fraction of sp³-hybridized carbons (Fsp3) is 0.417. The number of hydrogen-bond acceptors (Lipinski definition) is 14. The van der Waals surface area contributed by atoms with E-state index in [1.54, 1.807) is 24.0 Å². The maximum Gasteiger partial charge on any atom is 0.309 e. The van der Waals surface area contributed by atoms with E-state index in [1.165, 1.54) is 23.5 Å². The Morgan fingerprint density at radius 1 is 0.740 bits per heavy atom. The van der Waals surface area contributed by atoms with Gasteiger partial charge in [0.05, 0.1) is 54.7 Å². The number of Topliss-reactive ketones (excluding diaryl/α,β-unsaturated/α-hetero) is 1. The highest BCUT2D eigenvalue weighted by atomic mass is 33.1. The van der Waals surface area contributed by atoms with Gasteiger partial charge in [0.15, 0.2) is 17.3 Å². The second-order valence-electron chi connectivity index (χ2n) is 21.0. The van der Waals surface area contributed by atoms with Gasteiger partial charge in [-0.15, -0.1) is 0 Å². The predicted octanol–water partition coefficient (Wildman–Crippen LogP) is 10.3. The zero-order chi connectivity index (χ0) is 54.5. The Morgan fingerprint density at radius 3 is 1.90 bits per heavy atom. The molecular formula is C60H69N5O10S2. The zero-order valence-corrected chi connectivity index (χ0v) is 46.9. The molecule has 3 amide bonds. The number of amides is 3. The first kappa shape index (κ1) is 55.1. The normalized spacial score (nSPS) is 16.8. The van der Waals surface area contributed by atoms with Gasteiger partial charge in [0.2, 0.25) is 5.91 Å². The van der Waals surface area contributed by atoms with E-state index < -0.39 is 11.9 Å². The summed E-state index contributed by atoms with van der Waals surface area (Å²) in [5.41, 5.74) is 9.84. The van der Waals surface area contributed by atoms with Gasteiger partial charge in [0, 0.05) is 86.3 Å². The Bertz CT molecular complexity index is 3060. The number of esters is 1. The van der Waals surface area contributed by atoms with Gasteiger partial charge >= 0.3 is 5.97 Å². The number of nitrogens with zero attached hydrogens (tertiary/aromatic N) is 4. The van der Waals surface area contributed by atoms with E-state index in [-0.39, 0.29) is 73.0 Å². The van der Waals surface area contributed by atoms with Gasteiger partial charge in [-0.1, -0.05) is 64.9 Å². The lowest BCUT2D eigenvalue weighted by molar-refractivity contribution is -0.146. The molecule has 1 unspecified atom stereocenters. The van der Waals surface area contributed by atoms with Gasteiger partial charge in [-0.2, -0.15) is 0 Å². The third-order valence-electron chi connectivity index (χ3n) is 14.7. The van der Waals surface area contributed by atoms with Crippen molar-refractivity contribution in [3.05, 3.63) is 130 Å². The minimum absolute atomic E-state index is 0.0131. The number of anilines is 5. The summed E-state index contributed by atoms with van der Waals surface area (Å²) in [6.07, 6.45) is 3.15. The van der Waals surface area contributed by atoms with Gasteiger partial charge in [-0.05, 0) is 117 Å². The van der Waals surface area contributed by atoms with Crippen LogP contribution >= 0.6 is 21.6 Å². The summed E-state index contributed by atoms with van der Waals surface area (Å²) in [5.74, 6) is 0.417. The fourth-order valence-electron chi connectivity index (χ4n) is 10.8. The van der Waals surface area contributed by atoms with Crippen molar-refractivity contribution >= 4 is 79.5 Å². The first-order valence-electron chi connectivity index (χ1n) is 26.3. The summed E-state index contributed by atoms with van der Waals surface area (Å²) < 4.78 is 29.1. The van der Waals surface area contributed by atoms with E-state index in [0.717, 1.165) is 64.3 Å². The van der Waals surface area contributed by atoms with Gasteiger partial charge in [0.1, 0.15) is 25.6 Å². The quantitative estimate of drug-likeness (QED) is 0.0397. The number of para-hydroxylation sites is 2.